The average molecular weight is 469 g/mol. The number of thiophene rings is 1. The Morgan fingerprint density at radius 3 is 2.63 bits per heavy atom. The molecule has 9 heteroatoms. The smallest absolute Gasteiger partial charge is 0.256 e. The van der Waals surface area contributed by atoms with Gasteiger partial charge in [-0.15, -0.1) is 11.3 Å². The summed E-state index contributed by atoms with van der Waals surface area (Å²) < 4.78 is 10.7. The predicted octanol–water partition coefficient (Wildman–Crippen LogP) is 4.71. The van der Waals surface area contributed by atoms with E-state index in [1.165, 1.54) is 30.6 Å². The molecule has 2 aromatic rings. The first-order chi connectivity index (χ1) is 14.5. The predicted molar refractivity (Wildman–Crippen MR) is 119 cm³/mol. The van der Waals surface area contributed by atoms with Gasteiger partial charge in [0.05, 0.1) is 28.8 Å². The van der Waals surface area contributed by atoms with Crippen molar-refractivity contribution in [1.29, 1.82) is 0 Å². The van der Waals surface area contributed by atoms with E-state index in [2.05, 4.69) is 10.6 Å². The summed E-state index contributed by atoms with van der Waals surface area (Å²) in [6.45, 7) is 1.21. The molecule has 1 atom stereocenters. The van der Waals surface area contributed by atoms with Gasteiger partial charge in [-0.3, -0.25) is 9.59 Å². The highest BCUT2D eigenvalue weighted by molar-refractivity contribution is 7.17. The number of anilines is 1. The van der Waals surface area contributed by atoms with Crippen molar-refractivity contribution in [3.63, 3.8) is 0 Å². The van der Waals surface area contributed by atoms with Crippen molar-refractivity contribution in [2.45, 2.75) is 38.2 Å². The van der Waals surface area contributed by atoms with Gasteiger partial charge in [0.2, 0.25) is 0 Å². The van der Waals surface area contributed by atoms with Crippen LogP contribution in [0, 0.1) is 0 Å². The van der Waals surface area contributed by atoms with Crippen molar-refractivity contribution in [1.82, 2.24) is 5.32 Å². The van der Waals surface area contributed by atoms with Crippen LogP contribution in [0.5, 0.6) is 5.75 Å². The van der Waals surface area contributed by atoms with Crippen LogP contribution in [-0.4, -0.2) is 38.2 Å². The van der Waals surface area contributed by atoms with Crippen molar-refractivity contribution >= 4 is 51.4 Å². The van der Waals surface area contributed by atoms with Gasteiger partial charge in [-0.1, -0.05) is 23.2 Å². The fourth-order valence-corrected chi connectivity index (χ4v) is 5.82. The van der Waals surface area contributed by atoms with Crippen LogP contribution in [0.3, 0.4) is 0 Å². The van der Waals surface area contributed by atoms with Gasteiger partial charge in [-0.2, -0.15) is 0 Å². The topological polar surface area (TPSA) is 76.7 Å². The van der Waals surface area contributed by atoms with Crippen LogP contribution in [0.25, 0.3) is 0 Å². The van der Waals surface area contributed by atoms with Crippen LogP contribution in [-0.2, 0) is 17.6 Å². The van der Waals surface area contributed by atoms with Gasteiger partial charge in [-0.25, -0.2) is 0 Å². The molecule has 1 unspecified atom stereocenters. The minimum absolute atomic E-state index is 0.0576. The molecular formula is C21H22Cl2N2O4S. The summed E-state index contributed by atoms with van der Waals surface area (Å²) in [4.78, 5) is 27.0. The van der Waals surface area contributed by atoms with E-state index in [-0.39, 0.29) is 28.0 Å². The van der Waals surface area contributed by atoms with Gasteiger partial charge >= 0.3 is 0 Å². The van der Waals surface area contributed by atoms with Gasteiger partial charge in [0.1, 0.15) is 5.00 Å². The van der Waals surface area contributed by atoms with Crippen LogP contribution in [0.2, 0.25) is 10.0 Å². The highest BCUT2D eigenvalue weighted by atomic mass is 35.5. The number of aryl methyl sites for hydroxylation is 1. The lowest BCUT2D eigenvalue weighted by Gasteiger charge is -2.13. The van der Waals surface area contributed by atoms with Gasteiger partial charge < -0.3 is 20.1 Å². The number of ether oxygens (including phenoxy) is 2. The monoisotopic (exact) mass is 468 g/mol. The Labute approximate surface area is 188 Å². The van der Waals surface area contributed by atoms with Crippen molar-refractivity contribution in [2.75, 3.05) is 25.6 Å². The van der Waals surface area contributed by atoms with Crippen LogP contribution in [0.1, 0.15) is 50.4 Å². The molecule has 30 heavy (non-hydrogen) atoms. The number of amides is 2. The molecule has 0 saturated carbocycles. The largest absolute Gasteiger partial charge is 0.494 e. The molecule has 1 saturated heterocycles. The second kappa shape index (κ2) is 9.14. The molecule has 4 rings (SSSR count). The SMILES string of the molecule is COc1c(Cl)cc(C(=O)Nc2sc3c(c2C(=O)NCC2CCCO2)CCC3)cc1Cl. The van der Waals surface area contributed by atoms with Gasteiger partial charge in [0, 0.05) is 23.6 Å². The molecule has 1 aromatic heterocycles. The van der Waals surface area contributed by atoms with E-state index in [0.29, 0.717) is 28.4 Å². The van der Waals surface area contributed by atoms with E-state index in [0.717, 1.165) is 49.2 Å². The summed E-state index contributed by atoms with van der Waals surface area (Å²) in [5, 5.41) is 6.91. The molecule has 2 N–H and O–H groups in total. The zero-order chi connectivity index (χ0) is 21.3. The molecule has 1 aliphatic heterocycles. The Kier molecular flexibility index (Phi) is 6.53. The summed E-state index contributed by atoms with van der Waals surface area (Å²) in [5.41, 5.74) is 1.89. The maximum absolute atomic E-state index is 13.0. The average Bonchev–Trinajstić information content (AvgIpc) is 3.43. The van der Waals surface area contributed by atoms with E-state index >= 15 is 0 Å². The minimum Gasteiger partial charge on any atom is -0.494 e. The molecule has 1 aromatic carbocycles. The number of halogens is 2. The fraction of sp³-hybridized carbons (Fsp3) is 0.429. The number of fused-ring (bicyclic) bond motifs is 1. The van der Waals surface area contributed by atoms with Gasteiger partial charge in [-0.05, 0) is 49.8 Å². The number of nitrogens with one attached hydrogen (secondary N) is 2. The zero-order valence-electron chi connectivity index (χ0n) is 16.5. The Bertz CT molecular complexity index is 963. The Balaban J connectivity index is 1.55. The molecule has 160 valence electrons. The number of methoxy groups -OCH3 is 1. The summed E-state index contributed by atoms with van der Waals surface area (Å²) in [5.74, 6) is -0.236. The van der Waals surface area contributed by atoms with E-state index in [1.807, 2.05) is 0 Å². The Morgan fingerprint density at radius 2 is 1.97 bits per heavy atom. The second-order valence-corrected chi connectivity index (χ2v) is 9.25. The number of hydrogen-bond acceptors (Lipinski definition) is 5. The molecule has 2 aliphatic rings. The quantitative estimate of drug-likeness (QED) is 0.643. The molecule has 0 radical (unpaired) electrons. The number of rotatable bonds is 6. The Morgan fingerprint density at radius 1 is 1.20 bits per heavy atom. The van der Waals surface area contributed by atoms with Crippen LogP contribution in [0.4, 0.5) is 5.00 Å². The minimum atomic E-state index is -0.380. The lowest BCUT2D eigenvalue weighted by molar-refractivity contribution is 0.0858. The third-order valence-corrected chi connectivity index (χ3v) is 7.12. The third kappa shape index (κ3) is 4.30. The number of carbonyl (C=O) groups excluding carboxylic acids is 2. The Hall–Kier alpha value is -1.80. The number of benzene rings is 1. The normalized spacial score (nSPS) is 17.6. The summed E-state index contributed by atoms with van der Waals surface area (Å²) in [7, 11) is 1.46. The van der Waals surface area contributed by atoms with Crippen LogP contribution in [0.15, 0.2) is 12.1 Å². The highest BCUT2D eigenvalue weighted by Gasteiger charge is 2.28. The van der Waals surface area contributed by atoms with Gasteiger partial charge in [0.25, 0.3) is 11.8 Å². The molecule has 1 aliphatic carbocycles. The molecular weight excluding hydrogens is 447 g/mol. The van der Waals surface area contributed by atoms with Crippen molar-refractivity contribution in [3.8, 4) is 5.75 Å². The number of hydrogen-bond donors (Lipinski definition) is 2. The number of carbonyl (C=O) groups is 2. The maximum atomic E-state index is 13.0. The van der Waals surface area contributed by atoms with Crippen LogP contribution >= 0.6 is 34.5 Å². The molecule has 2 amide bonds. The van der Waals surface area contributed by atoms with Crippen LogP contribution < -0.4 is 15.4 Å². The molecule has 1 fully saturated rings. The second-order valence-electron chi connectivity index (χ2n) is 7.33. The van der Waals surface area contributed by atoms with E-state index in [9.17, 15) is 9.59 Å². The van der Waals surface area contributed by atoms with Crippen molar-refractivity contribution in [2.24, 2.45) is 0 Å². The summed E-state index contributed by atoms with van der Waals surface area (Å²) >= 11 is 13.8. The highest BCUT2D eigenvalue weighted by Crippen LogP contribution is 2.40. The lowest BCUT2D eigenvalue weighted by Crippen LogP contribution is -2.32. The van der Waals surface area contributed by atoms with E-state index in [1.54, 1.807) is 0 Å². The lowest BCUT2D eigenvalue weighted by atomic mass is 10.1. The first kappa shape index (κ1) is 21.4. The molecule has 6 nitrogen and oxygen atoms in total. The van der Waals surface area contributed by atoms with Crippen molar-refractivity contribution < 1.29 is 19.1 Å². The van der Waals surface area contributed by atoms with Crippen molar-refractivity contribution in [3.05, 3.63) is 43.7 Å². The van der Waals surface area contributed by atoms with E-state index < -0.39 is 0 Å². The maximum Gasteiger partial charge on any atom is 0.256 e. The third-order valence-electron chi connectivity index (χ3n) is 5.35. The molecule has 0 bridgehead atoms. The summed E-state index contributed by atoms with van der Waals surface area (Å²) in [6, 6.07) is 3.00. The first-order valence-corrected chi connectivity index (χ1v) is 11.4. The zero-order valence-corrected chi connectivity index (χ0v) is 18.8. The van der Waals surface area contributed by atoms with Gasteiger partial charge in [0.15, 0.2) is 5.75 Å². The molecule has 0 spiro atoms. The van der Waals surface area contributed by atoms with E-state index in [4.69, 9.17) is 32.7 Å². The first-order valence-electron chi connectivity index (χ1n) is 9.86. The molecule has 2 heterocycles. The standard InChI is InChI=1S/C21H22Cl2N2O4S/c1-28-18-14(22)8-11(9-15(18)23)19(26)25-21-17(13-5-2-6-16(13)30-21)20(27)24-10-12-4-3-7-29-12/h8-9,12H,2-7,10H2,1H3,(H,24,27)(H,25,26). The summed E-state index contributed by atoms with van der Waals surface area (Å²) in [6.07, 6.45) is 4.80. The fourth-order valence-electron chi connectivity index (χ4n) is 3.89.